The number of hydrogen-bond donors (Lipinski definition) is 2. The number of anilines is 1. The van der Waals surface area contributed by atoms with E-state index in [0.717, 1.165) is 0 Å². The lowest BCUT2D eigenvalue weighted by atomic mass is 10.0. The van der Waals surface area contributed by atoms with Crippen LogP contribution < -0.4 is 4.90 Å². The molecule has 1 atom stereocenters. The molecule has 0 spiro atoms. The molecule has 0 saturated heterocycles. The van der Waals surface area contributed by atoms with Crippen molar-refractivity contribution in [2.24, 2.45) is 0 Å². The highest BCUT2D eigenvalue weighted by atomic mass is 19.1. The number of carboxylic acid groups (broad SMARTS) is 1. The Labute approximate surface area is 92.9 Å². The predicted molar refractivity (Wildman–Crippen MR) is 57.9 cm³/mol. The molecule has 2 N–H and O–H groups in total. The third-order valence-electron chi connectivity index (χ3n) is 2.20. The number of benzene rings is 1. The third-order valence-corrected chi connectivity index (χ3v) is 2.20. The maximum atomic E-state index is 13.0. The maximum absolute atomic E-state index is 13.0. The van der Waals surface area contributed by atoms with Crippen molar-refractivity contribution in [1.29, 1.82) is 0 Å². The zero-order valence-corrected chi connectivity index (χ0v) is 9.14. The Bertz CT molecular complexity index is 393. The first-order valence-corrected chi connectivity index (χ1v) is 4.78. The zero-order chi connectivity index (χ0) is 12.3. The number of rotatable bonds is 4. The molecule has 0 radical (unpaired) electrons. The molecular weight excluding hydrogens is 213 g/mol. The minimum atomic E-state index is -1.13. The summed E-state index contributed by atoms with van der Waals surface area (Å²) >= 11 is 0. The first-order chi connectivity index (χ1) is 7.41. The van der Waals surface area contributed by atoms with Gasteiger partial charge < -0.3 is 15.1 Å². The van der Waals surface area contributed by atoms with E-state index in [1.165, 1.54) is 18.2 Å². The van der Waals surface area contributed by atoms with Crippen LogP contribution in [0.2, 0.25) is 0 Å². The minimum absolute atomic E-state index is 0.396. The normalized spacial score (nSPS) is 12.2. The van der Waals surface area contributed by atoms with Gasteiger partial charge in [-0.05, 0) is 12.1 Å². The van der Waals surface area contributed by atoms with Crippen molar-refractivity contribution in [2.75, 3.05) is 19.0 Å². The van der Waals surface area contributed by atoms with Crippen LogP contribution >= 0.6 is 0 Å². The average Bonchev–Trinajstić information content (AvgIpc) is 2.16. The van der Waals surface area contributed by atoms with Gasteiger partial charge in [-0.15, -0.1) is 0 Å². The van der Waals surface area contributed by atoms with E-state index >= 15 is 0 Å². The molecule has 1 aromatic rings. The van der Waals surface area contributed by atoms with Crippen molar-refractivity contribution in [3.63, 3.8) is 0 Å². The van der Waals surface area contributed by atoms with Crippen molar-refractivity contribution in [2.45, 2.75) is 12.5 Å². The molecule has 0 aliphatic carbocycles. The Morgan fingerprint density at radius 2 is 2.12 bits per heavy atom. The fraction of sp³-hybridized carbons (Fsp3) is 0.364. The summed E-state index contributed by atoms with van der Waals surface area (Å²) in [5.41, 5.74) is 0.891. The molecule has 0 saturated carbocycles. The van der Waals surface area contributed by atoms with Crippen LogP contribution in [0.3, 0.4) is 0 Å². The van der Waals surface area contributed by atoms with Crippen LogP contribution in [0.1, 0.15) is 18.1 Å². The van der Waals surface area contributed by atoms with Gasteiger partial charge in [0.05, 0.1) is 12.5 Å². The Balaban J connectivity index is 3.07. The smallest absolute Gasteiger partial charge is 0.306 e. The monoisotopic (exact) mass is 227 g/mol. The fourth-order valence-corrected chi connectivity index (χ4v) is 1.46. The Morgan fingerprint density at radius 1 is 1.50 bits per heavy atom. The number of aliphatic hydroxyl groups is 1. The summed E-state index contributed by atoms with van der Waals surface area (Å²) in [6.45, 7) is 0. The number of carboxylic acids is 1. The van der Waals surface area contributed by atoms with E-state index in [9.17, 15) is 14.3 Å². The van der Waals surface area contributed by atoms with Crippen molar-refractivity contribution in [3.05, 3.63) is 29.6 Å². The first-order valence-electron chi connectivity index (χ1n) is 4.78. The quantitative estimate of drug-likeness (QED) is 0.816. The second-order valence-electron chi connectivity index (χ2n) is 3.71. The van der Waals surface area contributed by atoms with Gasteiger partial charge in [0.15, 0.2) is 0 Å². The molecular formula is C11H14FNO3. The average molecular weight is 227 g/mol. The highest BCUT2D eigenvalue weighted by Crippen LogP contribution is 2.27. The number of hydrogen-bond acceptors (Lipinski definition) is 3. The fourth-order valence-electron chi connectivity index (χ4n) is 1.46. The lowest BCUT2D eigenvalue weighted by Gasteiger charge is -2.20. The van der Waals surface area contributed by atoms with Crippen molar-refractivity contribution in [1.82, 2.24) is 0 Å². The van der Waals surface area contributed by atoms with E-state index < -0.39 is 24.3 Å². The van der Waals surface area contributed by atoms with E-state index in [4.69, 9.17) is 5.11 Å². The molecule has 0 unspecified atom stereocenters. The Kier molecular flexibility index (Phi) is 3.84. The standard InChI is InChI=1S/C11H14FNO3/c1-13(2)9-5-7(12)3-4-8(9)10(14)6-11(15)16/h3-5,10,14H,6H2,1-2H3,(H,15,16)/t10-/m0/s1. The van der Waals surface area contributed by atoms with Gasteiger partial charge in [0.1, 0.15) is 5.82 Å². The summed E-state index contributed by atoms with van der Waals surface area (Å²) in [6.07, 6.45) is -1.53. The SMILES string of the molecule is CN(C)c1cc(F)ccc1[C@@H](O)CC(=O)O. The van der Waals surface area contributed by atoms with Crippen LogP contribution in [0.15, 0.2) is 18.2 Å². The highest BCUT2D eigenvalue weighted by molar-refractivity contribution is 5.68. The summed E-state index contributed by atoms with van der Waals surface area (Å²) in [6, 6.07) is 3.87. The number of halogens is 1. The summed E-state index contributed by atoms with van der Waals surface area (Å²) < 4.78 is 13.0. The molecule has 0 fully saturated rings. The maximum Gasteiger partial charge on any atom is 0.306 e. The molecule has 0 aliphatic heterocycles. The second kappa shape index (κ2) is 4.94. The van der Waals surface area contributed by atoms with E-state index in [1.54, 1.807) is 19.0 Å². The highest BCUT2D eigenvalue weighted by Gasteiger charge is 2.17. The van der Waals surface area contributed by atoms with E-state index in [1.807, 2.05) is 0 Å². The minimum Gasteiger partial charge on any atom is -0.481 e. The zero-order valence-electron chi connectivity index (χ0n) is 9.14. The topological polar surface area (TPSA) is 60.8 Å². The molecule has 0 aromatic heterocycles. The summed E-state index contributed by atoms with van der Waals surface area (Å²) in [7, 11) is 3.40. The number of carbonyl (C=O) groups is 1. The van der Waals surface area contributed by atoms with Crippen molar-refractivity contribution in [3.8, 4) is 0 Å². The molecule has 0 bridgehead atoms. The van der Waals surface area contributed by atoms with Gasteiger partial charge in [-0.25, -0.2) is 4.39 Å². The molecule has 1 aromatic carbocycles. The summed E-state index contributed by atoms with van der Waals surface area (Å²) in [5, 5.41) is 18.3. The predicted octanol–water partition coefficient (Wildman–Crippen LogP) is 1.40. The Morgan fingerprint density at radius 3 is 2.62 bits per heavy atom. The number of aliphatic carboxylic acids is 1. The summed E-state index contributed by atoms with van der Waals surface area (Å²) in [5.74, 6) is -1.52. The van der Waals surface area contributed by atoms with Crippen LogP contribution in [0.5, 0.6) is 0 Å². The van der Waals surface area contributed by atoms with Gasteiger partial charge in [-0.3, -0.25) is 4.79 Å². The van der Waals surface area contributed by atoms with Crippen LogP contribution in [0, 0.1) is 5.82 Å². The van der Waals surface area contributed by atoms with E-state index in [2.05, 4.69) is 0 Å². The molecule has 0 heterocycles. The van der Waals surface area contributed by atoms with Crippen molar-refractivity contribution < 1.29 is 19.4 Å². The van der Waals surface area contributed by atoms with Crippen LogP contribution in [-0.4, -0.2) is 30.3 Å². The second-order valence-corrected chi connectivity index (χ2v) is 3.71. The third kappa shape index (κ3) is 2.93. The molecule has 16 heavy (non-hydrogen) atoms. The molecule has 5 heteroatoms. The van der Waals surface area contributed by atoms with Gasteiger partial charge in [-0.2, -0.15) is 0 Å². The lowest BCUT2D eigenvalue weighted by Crippen LogP contribution is -2.15. The van der Waals surface area contributed by atoms with E-state index in [-0.39, 0.29) is 0 Å². The van der Waals surface area contributed by atoms with Crippen molar-refractivity contribution >= 4 is 11.7 Å². The van der Waals surface area contributed by atoms with Crippen LogP contribution in [0.25, 0.3) is 0 Å². The first kappa shape index (κ1) is 12.4. The van der Waals surface area contributed by atoms with Gasteiger partial charge in [0.2, 0.25) is 0 Å². The van der Waals surface area contributed by atoms with E-state index in [0.29, 0.717) is 11.3 Å². The van der Waals surface area contributed by atoms with Gasteiger partial charge in [0, 0.05) is 25.3 Å². The van der Waals surface area contributed by atoms with Crippen LogP contribution in [0.4, 0.5) is 10.1 Å². The summed E-state index contributed by atoms with van der Waals surface area (Å²) in [4.78, 5) is 12.1. The molecule has 1 rings (SSSR count). The van der Waals surface area contributed by atoms with Gasteiger partial charge in [0.25, 0.3) is 0 Å². The number of aliphatic hydroxyl groups excluding tert-OH is 1. The van der Waals surface area contributed by atoms with Gasteiger partial charge in [-0.1, -0.05) is 6.07 Å². The molecule has 88 valence electrons. The molecule has 0 amide bonds. The number of nitrogens with zero attached hydrogens (tertiary/aromatic N) is 1. The van der Waals surface area contributed by atoms with Crippen LogP contribution in [-0.2, 0) is 4.79 Å². The van der Waals surface area contributed by atoms with Gasteiger partial charge >= 0.3 is 5.97 Å². The largest absolute Gasteiger partial charge is 0.481 e. The molecule has 4 nitrogen and oxygen atoms in total. The lowest BCUT2D eigenvalue weighted by molar-refractivity contribution is -0.139. The molecule has 0 aliphatic rings. The Hall–Kier alpha value is -1.62.